The maximum Gasteiger partial charge on any atom is 0.411 e. The van der Waals surface area contributed by atoms with Gasteiger partial charge in [0.2, 0.25) is 5.41 Å². The summed E-state index contributed by atoms with van der Waals surface area (Å²) in [6.07, 6.45) is -11.2. The summed E-state index contributed by atoms with van der Waals surface area (Å²) in [6.45, 7) is 6.19. The van der Waals surface area contributed by atoms with Gasteiger partial charge in [0.05, 0.1) is 0 Å². The Labute approximate surface area is 177 Å². The molecule has 172 valence electrons. The first-order valence-electron chi connectivity index (χ1n) is 10.1. The fourth-order valence-electron chi connectivity index (χ4n) is 4.01. The zero-order valence-corrected chi connectivity index (χ0v) is 17.8. The summed E-state index contributed by atoms with van der Waals surface area (Å²) < 4.78 is 87.2. The Balaban J connectivity index is 3.12. The van der Waals surface area contributed by atoms with Crippen LogP contribution in [0, 0.1) is 0 Å². The maximum atomic E-state index is 14.5. The van der Waals surface area contributed by atoms with Gasteiger partial charge in [0, 0.05) is 0 Å². The topological polar surface area (TPSA) is 40.5 Å². The number of hydrogen-bond donors (Lipinski definition) is 2. The molecule has 0 fully saturated rings. The molecule has 0 aliphatic heterocycles. The number of phenolic OH excluding ortho intramolecular Hbond substituents is 2. The monoisotopic (exact) mass is 448 g/mol. The summed E-state index contributed by atoms with van der Waals surface area (Å²) in [5, 5.41) is 20.5. The van der Waals surface area contributed by atoms with Gasteiger partial charge in [-0.15, -0.1) is 0 Å². The number of halogens is 6. The Bertz CT molecular complexity index is 817. The van der Waals surface area contributed by atoms with Gasteiger partial charge in [0.25, 0.3) is 0 Å². The van der Waals surface area contributed by atoms with Gasteiger partial charge in [0.15, 0.2) is 0 Å². The highest BCUT2D eigenvalue weighted by atomic mass is 19.4. The lowest BCUT2D eigenvalue weighted by Crippen LogP contribution is -2.55. The molecular weight excluding hydrogens is 422 g/mol. The second-order valence-electron chi connectivity index (χ2n) is 7.45. The third-order valence-corrected chi connectivity index (χ3v) is 5.78. The van der Waals surface area contributed by atoms with Gasteiger partial charge < -0.3 is 10.2 Å². The summed E-state index contributed by atoms with van der Waals surface area (Å²) >= 11 is 0. The van der Waals surface area contributed by atoms with Crippen molar-refractivity contribution in [1.82, 2.24) is 0 Å². The van der Waals surface area contributed by atoms with Crippen LogP contribution in [0.25, 0.3) is 0 Å². The van der Waals surface area contributed by atoms with E-state index in [9.17, 15) is 36.6 Å². The zero-order valence-electron chi connectivity index (χ0n) is 17.8. The van der Waals surface area contributed by atoms with E-state index in [1.807, 2.05) is 0 Å². The van der Waals surface area contributed by atoms with E-state index in [1.54, 1.807) is 27.7 Å². The smallest absolute Gasteiger partial charge is 0.411 e. The lowest BCUT2D eigenvalue weighted by molar-refractivity contribution is -0.288. The van der Waals surface area contributed by atoms with E-state index >= 15 is 0 Å². The van der Waals surface area contributed by atoms with Gasteiger partial charge in [-0.3, -0.25) is 0 Å². The highest BCUT2D eigenvalue weighted by Crippen LogP contribution is 2.57. The van der Waals surface area contributed by atoms with Crippen molar-refractivity contribution in [2.75, 3.05) is 0 Å². The van der Waals surface area contributed by atoms with Crippen LogP contribution in [0.5, 0.6) is 11.5 Å². The lowest BCUT2D eigenvalue weighted by atomic mass is 9.70. The molecule has 0 amide bonds. The molecule has 0 aliphatic carbocycles. The Hall–Kier alpha value is -2.38. The molecule has 2 aromatic carbocycles. The minimum atomic E-state index is -5.73. The SMILES string of the molecule is CCc1cc(C(c2cc(CC)c(O)c(CC)c2)(C(F)(F)F)C(F)(F)F)cc(CC)c1O. The molecule has 0 atom stereocenters. The molecule has 0 bridgehead atoms. The average Bonchev–Trinajstić information content (AvgIpc) is 2.67. The van der Waals surface area contributed by atoms with Crippen molar-refractivity contribution in [1.29, 1.82) is 0 Å². The van der Waals surface area contributed by atoms with Crippen LogP contribution < -0.4 is 0 Å². The van der Waals surface area contributed by atoms with Crippen LogP contribution in [0.1, 0.15) is 61.1 Å². The third-order valence-electron chi connectivity index (χ3n) is 5.78. The number of aromatic hydroxyl groups is 2. The van der Waals surface area contributed by atoms with Crippen LogP contribution in [-0.2, 0) is 31.1 Å². The first-order valence-corrected chi connectivity index (χ1v) is 10.1. The summed E-state index contributed by atoms with van der Waals surface area (Å²) in [4.78, 5) is 0. The van der Waals surface area contributed by atoms with Gasteiger partial charge in [-0.05, 0) is 59.1 Å². The fourth-order valence-corrected chi connectivity index (χ4v) is 4.01. The first kappa shape index (κ1) is 24.9. The minimum absolute atomic E-state index is 0.0115. The van der Waals surface area contributed by atoms with Gasteiger partial charge in [0.1, 0.15) is 11.5 Å². The number of alkyl halides is 6. The second-order valence-corrected chi connectivity index (χ2v) is 7.45. The molecular formula is C23H26F6O2. The Morgan fingerprint density at radius 1 is 0.548 bits per heavy atom. The Morgan fingerprint density at radius 3 is 0.935 bits per heavy atom. The summed E-state index contributed by atoms with van der Waals surface area (Å²) in [6, 6.07) is 3.16. The van der Waals surface area contributed by atoms with E-state index in [4.69, 9.17) is 0 Å². The molecule has 2 aromatic rings. The van der Waals surface area contributed by atoms with Crippen LogP contribution >= 0.6 is 0 Å². The van der Waals surface area contributed by atoms with Crippen molar-refractivity contribution in [3.63, 3.8) is 0 Å². The standard InChI is InChI=1S/C23H26F6O2/c1-5-13-9-17(10-14(6-2)19(13)30)21(22(24,25)26,23(27,28)29)18-11-15(7-3)20(31)16(8-4)12-18/h9-12,30-31H,5-8H2,1-4H3. The number of rotatable bonds is 6. The molecule has 2 N–H and O–H groups in total. The van der Waals surface area contributed by atoms with E-state index in [-0.39, 0.29) is 59.4 Å². The molecule has 0 unspecified atom stereocenters. The van der Waals surface area contributed by atoms with E-state index in [0.29, 0.717) is 0 Å². The normalized spacial score (nSPS) is 13.0. The molecule has 0 aliphatic rings. The second kappa shape index (κ2) is 8.63. The van der Waals surface area contributed by atoms with Gasteiger partial charge in [-0.2, -0.15) is 26.3 Å². The van der Waals surface area contributed by atoms with Crippen LogP contribution in [0.15, 0.2) is 24.3 Å². The lowest BCUT2D eigenvalue weighted by Gasteiger charge is -2.39. The van der Waals surface area contributed by atoms with Crippen molar-refractivity contribution in [3.8, 4) is 11.5 Å². The largest absolute Gasteiger partial charge is 0.507 e. The van der Waals surface area contributed by atoms with Crippen LogP contribution in [0.4, 0.5) is 26.3 Å². The third kappa shape index (κ3) is 3.96. The molecule has 0 aromatic heterocycles. The predicted octanol–water partition coefficient (Wildman–Crippen LogP) is 6.76. The Kier molecular flexibility index (Phi) is 6.93. The molecule has 8 heteroatoms. The van der Waals surface area contributed by atoms with Crippen molar-refractivity contribution < 1.29 is 36.6 Å². The highest BCUT2D eigenvalue weighted by Gasteiger charge is 2.72. The average molecular weight is 448 g/mol. The molecule has 0 heterocycles. The number of benzene rings is 2. The molecule has 2 nitrogen and oxygen atoms in total. The minimum Gasteiger partial charge on any atom is -0.507 e. The molecule has 0 saturated carbocycles. The molecule has 0 saturated heterocycles. The molecule has 31 heavy (non-hydrogen) atoms. The molecule has 0 radical (unpaired) electrons. The molecule has 2 rings (SSSR count). The zero-order chi connectivity index (χ0) is 23.8. The quantitative estimate of drug-likeness (QED) is 0.480. The van der Waals surface area contributed by atoms with Gasteiger partial charge in [-0.1, -0.05) is 52.0 Å². The van der Waals surface area contributed by atoms with E-state index in [1.165, 1.54) is 0 Å². The maximum absolute atomic E-state index is 14.5. The summed E-state index contributed by atoms with van der Waals surface area (Å²) in [5.74, 6) is -0.581. The first-order chi connectivity index (χ1) is 14.3. The van der Waals surface area contributed by atoms with Crippen LogP contribution in [-0.4, -0.2) is 22.6 Å². The van der Waals surface area contributed by atoms with E-state index in [2.05, 4.69) is 0 Å². The summed E-state index contributed by atoms with van der Waals surface area (Å²) in [7, 11) is 0. The van der Waals surface area contributed by atoms with Crippen molar-refractivity contribution in [3.05, 3.63) is 57.6 Å². The fraction of sp³-hybridized carbons (Fsp3) is 0.478. The van der Waals surface area contributed by atoms with E-state index in [0.717, 1.165) is 24.3 Å². The number of aryl methyl sites for hydroxylation is 4. The number of phenols is 2. The van der Waals surface area contributed by atoms with Crippen LogP contribution in [0.2, 0.25) is 0 Å². The molecule has 0 spiro atoms. The van der Waals surface area contributed by atoms with Crippen LogP contribution in [0.3, 0.4) is 0 Å². The Morgan fingerprint density at radius 2 is 0.774 bits per heavy atom. The van der Waals surface area contributed by atoms with Crippen molar-refractivity contribution >= 4 is 0 Å². The van der Waals surface area contributed by atoms with Gasteiger partial charge >= 0.3 is 12.4 Å². The van der Waals surface area contributed by atoms with Gasteiger partial charge in [-0.25, -0.2) is 0 Å². The summed E-state index contributed by atoms with van der Waals surface area (Å²) in [5.41, 5.74) is -6.25. The van der Waals surface area contributed by atoms with Crippen molar-refractivity contribution in [2.24, 2.45) is 0 Å². The number of hydrogen-bond acceptors (Lipinski definition) is 2. The predicted molar refractivity (Wildman–Crippen MR) is 107 cm³/mol. The van der Waals surface area contributed by atoms with E-state index < -0.39 is 28.9 Å². The van der Waals surface area contributed by atoms with Crippen molar-refractivity contribution in [2.45, 2.75) is 71.1 Å². The highest BCUT2D eigenvalue weighted by molar-refractivity contribution is 5.55.